The van der Waals surface area contributed by atoms with Crippen LogP contribution in [0.2, 0.25) is 0 Å². The Morgan fingerprint density at radius 2 is 1.46 bits per heavy atom. The molecule has 1 atom stereocenters. The van der Waals surface area contributed by atoms with Gasteiger partial charge in [0.25, 0.3) is 5.91 Å². The molecule has 0 aromatic heterocycles. The van der Waals surface area contributed by atoms with Gasteiger partial charge in [-0.1, -0.05) is 54.6 Å². The van der Waals surface area contributed by atoms with Gasteiger partial charge in [-0.25, -0.2) is 13.6 Å². The number of carbonyl (C=O) groups is 2. The van der Waals surface area contributed by atoms with Gasteiger partial charge in [-0.15, -0.1) is 0 Å². The highest BCUT2D eigenvalue weighted by Gasteiger charge is 2.24. The van der Waals surface area contributed by atoms with Crippen LogP contribution in [0.4, 0.5) is 14.5 Å². The number of para-hydroxylation sites is 1. The number of nitrogens with one attached hydrogen (secondary N) is 1. The van der Waals surface area contributed by atoms with Gasteiger partial charge in [-0.3, -0.25) is 4.79 Å². The lowest BCUT2D eigenvalue weighted by Crippen LogP contribution is -2.30. The Balaban J connectivity index is 1.75. The molecule has 1 amide bonds. The van der Waals surface area contributed by atoms with E-state index in [-0.39, 0.29) is 0 Å². The molecular weight excluding hydrogens is 364 g/mol. The summed E-state index contributed by atoms with van der Waals surface area (Å²) < 4.78 is 32.3. The number of benzene rings is 3. The standard InChI is InChI=1S/C22H17F2NO3/c1-14(28-22(27)20-17(23)11-7-12-18(20)24)21(26)25-19-13-6-5-10-16(19)15-8-3-2-4-9-15/h2-14H,1H3,(H,25,26)/t14-/m0/s1. The number of rotatable bonds is 5. The predicted molar refractivity (Wildman–Crippen MR) is 102 cm³/mol. The first kappa shape index (κ1) is 19.2. The molecule has 4 nitrogen and oxygen atoms in total. The third-order valence-corrected chi connectivity index (χ3v) is 4.09. The predicted octanol–water partition coefficient (Wildman–Crippen LogP) is 4.82. The molecular formula is C22H17F2NO3. The Labute approximate surface area is 160 Å². The normalized spacial score (nSPS) is 11.5. The van der Waals surface area contributed by atoms with Crippen molar-refractivity contribution in [1.29, 1.82) is 0 Å². The molecule has 0 aliphatic rings. The van der Waals surface area contributed by atoms with Crippen LogP contribution >= 0.6 is 0 Å². The maximum atomic E-state index is 13.7. The van der Waals surface area contributed by atoms with E-state index >= 15 is 0 Å². The van der Waals surface area contributed by atoms with Gasteiger partial charge in [0.15, 0.2) is 6.10 Å². The number of carbonyl (C=O) groups excluding carboxylic acids is 2. The highest BCUT2D eigenvalue weighted by molar-refractivity contribution is 6.00. The number of amides is 1. The second kappa shape index (κ2) is 8.43. The van der Waals surface area contributed by atoms with Crippen molar-refractivity contribution >= 4 is 17.6 Å². The summed E-state index contributed by atoms with van der Waals surface area (Å²) in [5, 5.41) is 2.69. The summed E-state index contributed by atoms with van der Waals surface area (Å²) in [6, 6.07) is 19.6. The first-order chi connectivity index (χ1) is 13.5. The molecule has 6 heteroatoms. The maximum absolute atomic E-state index is 13.7. The molecule has 0 aliphatic heterocycles. The van der Waals surface area contributed by atoms with Crippen LogP contribution in [0.15, 0.2) is 72.8 Å². The highest BCUT2D eigenvalue weighted by atomic mass is 19.1. The number of ether oxygens (including phenoxy) is 1. The second-order valence-electron chi connectivity index (χ2n) is 6.05. The molecule has 3 aromatic carbocycles. The number of hydrogen-bond acceptors (Lipinski definition) is 3. The molecule has 0 spiro atoms. The van der Waals surface area contributed by atoms with E-state index in [1.54, 1.807) is 12.1 Å². The van der Waals surface area contributed by atoms with Crippen molar-refractivity contribution in [2.45, 2.75) is 13.0 Å². The van der Waals surface area contributed by atoms with E-state index < -0.39 is 35.2 Å². The summed E-state index contributed by atoms with van der Waals surface area (Å²) in [6.07, 6.45) is -1.25. The fourth-order valence-electron chi connectivity index (χ4n) is 2.66. The molecule has 1 N–H and O–H groups in total. The van der Waals surface area contributed by atoms with Crippen molar-refractivity contribution in [2.75, 3.05) is 5.32 Å². The summed E-state index contributed by atoms with van der Waals surface area (Å²) in [6.45, 7) is 1.33. The van der Waals surface area contributed by atoms with E-state index in [1.165, 1.54) is 6.92 Å². The van der Waals surface area contributed by atoms with Gasteiger partial charge < -0.3 is 10.1 Å². The van der Waals surface area contributed by atoms with Crippen LogP contribution in [0.1, 0.15) is 17.3 Å². The molecule has 0 unspecified atom stereocenters. The Kier molecular flexibility index (Phi) is 5.79. The van der Waals surface area contributed by atoms with Crippen LogP contribution in [0, 0.1) is 11.6 Å². The molecule has 0 radical (unpaired) electrons. The smallest absolute Gasteiger partial charge is 0.344 e. The van der Waals surface area contributed by atoms with Crippen molar-refractivity contribution in [3.8, 4) is 11.1 Å². The second-order valence-corrected chi connectivity index (χ2v) is 6.05. The van der Waals surface area contributed by atoms with Crippen LogP contribution in [0.25, 0.3) is 11.1 Å². The molecule has 3 rings (SSSR count). The van der Waals surface area contributed by atoms with Crippen LogP contribution in [-0.4, -0.2) is 18.0 Å². The van der Waals surface area contributed by atoms with E-state index in [0.717, 1.165) is 29.3 Å². The van der Waals surface area contributed by atoms with E-state index in [2.05, 4.69) is 5.32 Å². The third-order valence-electron chi connectivity index (χ3n) is 4.09. The molecule has 0 saturated carbocycles. The molecule has 142 valence electrons. The van der Waals surface area contributed by atoms with Gasteiger partial charge in [0.2, 0.25) is 0 Å². The lowest BCUT2D eigenvalue weighted by molar-refractivity contribution is -0.123. The lowest BCUT2D eigenvalue weighted by atomic mass is 10.0. The number of esters is 1. The Hall–Kier alpha value is -3.54. The summed E-state index contributed by atoms with van der Waals surface area (Å²) >= 11 is 0. The minimum atomic E-state index is -1.25. The van der Waals surface area contributed by atoms with Crippen molar-refractivity contribution in [3.63, 3.8) is 0 Å². The summed E-state index contributed by atoms with van der Waals surface area (Å²) in [5.74, 6) is -3.96. The average molecular weight is 381 g/mol. The van der Waals surface area contributed by atoms with Crippen molar-refractivity contribution in [2.24, 2.45) is 0 Å². The Morgan fingerprint density at radius 3 is 2.14 bits per heavy atom. The summed E-state index contributed by atoms with van der Waals surface area (Å²) in [4.78, 5) is 24.5. The fourth-order valence-corrected chi connectivity index (χ4v) is 2.66. The van der Waals surface area contributed by atoms with Gasteiger partial charge in [0.1, 0.15) is 17.2 Å². The maximum Gasteiger partial charge on any atom is 0.344 e. The first-order valence-electron chi connectivity index (χ1n) is 8.57. The minimum absolute atomic E-state index is 0.527. The van der Waals surface area contributed by atoms with E-state index in [9.17, 15) is 18.4 Å². The first-order valence-corrected chi connectivity index (χ1v) is 8.57. The van der Waals surface area contributed by atoms with Gasteiger partial charge in [-0.2, -0.15) is 0 Å². The molecule has 0 bridgehead atoms. The SMILES string of the molecule is C[C@H](OC(=O)c1c(F)cccc1F)C(=O)Nc1ccccc1-c1ccccc1. The topological polar surface area (TPSA) is 55.4 Å². The molecule has 0 fully saturated rings. The van der Waals surface area contributed by atoms with Crippen molar-refractivity contribution < 1.29 is 23.1 Å². The van der Waals surface area contributed by atoms with Gasteiger partial charge in [0.05, 0.1) is 0 Å². The van der Waals surface area contributed by atoms with E-state index in [4.69, 9.17) is 4.74 Å². The van der Waals surface area contributed by atoms with Gasteiger partial charge >= 0.3 is 5.97 Å². The number of anilines is 1. The molecule has 0 aliphatic carbocycles. The molecule has 0 heterocycles. The quantitative estimate of drug-likeness (QED) is 0.645. The molecule has 0 saturated heterocycles. The van der Waals surface area contributed by atoms with Crippen LogP contribution in [0.5, 0.6) is 0 Å². The fraction of sp³-hybridized carbons (Fsp3) is 0.0909. The van der Waals surface area contributed by atoms with Gasteiger partial charge in [-0.05, 0) is 30.7 Å². The van der Waals surface area contributed by atoms with Crippen LogP contribution in [0.3, 0.4) is 0 Å². The average Bonchev–Trinajstić information content (AvgIpc) is 2.69. The zero-order valence-electron chi connectivity index (χ0n) is 15.0. The van der Waals surface area contributed by atoms with Crippen molar-refractivity contribution in [1.82, 2.24) is 0 Å². The molecule has 28 heavy (non-hydrogen) atoms. The Morgan fingerprint density at radius 1 is 0.857 bits per heavy atom. The number of halogens is 2. The highest BCUT2D eigenvalue weighted by Crippen LogP contribution is 2.27. The zero-order chi connectivity index (χ0) is 20.1. The molecule has 3 aromatic rings. The zero-order valence-corrected chi connectivity index (χ0v) is 15.0. The summed E-state index contributed by atoms with van der Waals surface area (Å²) in [5.41, 5.74) is 1.39. The third kappa shape index (κ3) is 4.23. The van der Waals surface area contributed by atoms with Crippen LogP contribution < -0.4 is 5.32 Å². The van der Waals surface area contributed by atoms with Crippen LogP contribution in [-0.2, 0) is 9.53 Å². The number of hydrogen-bond donors (Lipinski definition) is 1. The minimum Gasteiger partial charge on any atom is -0.449 e. The van der Waals surface area contributed by atoms with Gasteiger partial charge in [0, 0.05) is 11.3 Å². The van der Waals surface area contributed by atoms with Crippen molar-refractivity contribution in [3.05, 3.63) is 90.0 Å². The van der Waals surface area contributed by atoms with E-state index in [1.807, 2.05) is 42.5 Å². The van der Waals surface area contributed by atoms with E-state index in [0.29, 0.717) is 5.69 Å². The summed E-state index contributed by atoms with van der Waals surface area (Å²) in [7, 11) is 0. The lowest BCUT2D eigenvalue weighted by Gasteiger charge is -2.16. The largest absolute Gasteiger partial charge is 0.449 e. The monoisotopic (exact) mass is 381 g/mol. The Bertz CT molecular complexity index is 985.